The second-order valence-electron chi connectivity index (χ2n) is 9.81. The summed E-state index contributed by atoms with van der Waals surface area (Å²) in [7, 11) is 0. The fourth-order valence-electron chi connectivity index (χ4n) is 5.09. The van der Waals surface area contributed by atoms with E-state index in [4.69, 9.17) is 0 Å². The molecule has 1 aromatic heterocycles. The van der Waals surface area contributed by atoms with Crippen molar-refractivity contribution in [2.75, 3.05) is 11.9 Å². The van der Waals surface area contributed by atoms with Crippen LogP contribution in [0.1, 0.15) is 71.9 Å². The molecular formula is C24H28N6O4. The summed E-state index contributed by atoms with van der Waals surface area (Å²) in [6.07, 6.45) is 6.05. The van der Waals surface area contributed by atoms with Gasteiger partial charge in [-0.2, -0.15) is 5.10 Å². The second-order valence-corrected chi connectivity index (χ2v) is 9.81. The van der Waals surface area contributed by atoms with Crippen molar-refractivity contribution in [1.82, 2.24) is 25.3 Å². The number of nitrogens with zero attached hydrogens (tertiary/aromatic N) is 3. The minimum absolute atomic E-state index is 0.0686. The number of benzene rings is 1. The quantitative estimate of drug-likeness (QED) is 0.574. The van der Waals surface area contributed by atoms with Crippen LogP contribution in [0.4, 0.5) is 5.69 Å². The molecule has 0 spiro atoms. The topological polar surface area (TPSA) is 125 Å². The van der Waals surface area contributed by atoms with Crippen molar-refractivity contribution < 1.29 is 19.2 Å². The van der Waals surface area contributed by atoms with E-state index in [1.54, 1.807) is 18.2 Å². The van der Waals surface area contributed by atoms with Gasteiger partial charge < -0.3 is 10.6 Å². The molecule has 0 bridgehead atoms. The molecule has 2 saturated heterocycles. The third-order valence-corrected chi connectivity index (χ3v) is 6.81. The monoisotopic (exact) mass is 464 g/mol. The third kappa shape index (κ3) is 3.98. The summed E-state index contributed by atoms with van der Waals surface area (Å²) in [5, 5.41) is 13.6. The lowest BCUT2D eigenvalue weighted by molar-refractivity contribution is -0.136. The lowest BCUT2D eigenvalue weighted by atomic mass is 9.89. The predicted octanol–water partition coefficient (Wildman–Crippen LogP) is 1.60. The smallest absolute Gasteiger partial charge is 0.264 e. The largest absolute Gasteiger partial charge is 0.380 e. The van der Waals surface area contributed by atoms with E-state index >= 15 is 0 Å². The Hall–Kier alpha value is -3.53. The summed E-state index contributed by atoms with van der Waals surface area (Å²) in [4.78, 5) is 51.0. The summed E-state index contributed by atoms with van der Waals surface area (Å²) >= 11 is 0. The van der Waals surface area contributed by atoms with E-state index in [1.165, 1.54) is 0 Å². The van der Waals surface area contributed by atoms with Crippen LogP contribution in [0, 0.1) is 0 Å². The molecule has 1 unspecified atom stereocenters. The van der Waals surface area contributed by atoms with Crippen LogP contribution in [-0.2, 0) is 16.1 Å². The van der Waals surface area contributed by atoms with Crippen molar-refractivity contribution in [3.05, 3.63) is 47.3 Å². The SMILES string of the molecule is CC1(C)C[C@@H](n2cc(CNc3cccc4c3C(=O)N(C3CCC(=O)NC3=O)C4=O)cn2)CCN1. The molecule has 0 radical (unpaired) electrons. The zero-order chi connectivity index (χ0) is 24.0. The lowest BCUT2D eigenvalue weighted by Gasteiger charge is -2.36. The number of amides is 4. The molecule has 0 aliphatic carbocycles. The van der Waals surface area contributed by atoms with Crippen LogP contribution in [0.25, 0.3) is 0 Å². The highest BCUT2D eigenvalue weighted by atomic mass is 16.2. The van der Waals surface area contributed by atoms with E-state index in [-0.39, 0.29) is 29.5 Å². The highest BCUT2D eigenvalue weighted by molar-refractivity contribution is 6.25. The average molecular weight is 465 g/mol. The number of piperidine rings is 2. The van der Waals surface area contributed by atoms with Gasteiger partial charge in [-0.1, -0.05) is 6.07 Å². The molecule has 0 saturated carbocycles. The maximum absolute atomic E-state index is 13.2. The van der Waals surface area contributed by atoms with E-state index in [1.807, 2.05) is 17.1 Å². The van der Waals surface area contributed by atoms with E-state index in [2.05, 4.69) is 34.9 Å². The maximum Gasteiger partial charge on any atom is 0.264 e. The molecule has 1 aromatic carbocycles. The molecular weight excluding hydrogens is 436 g/mol. The Morgan fingerprint density at radius 1 is 1.15 bits per heavy atom. The van der Waals surface area contributed by atoms with Gasteiger partial charge >= 0.3 is 0 Å². The van der Waals surface area contributed by atoms with Crippen molar-refractivity contribution in [1.29, 1.82) is 0 Å². The standard InChI is InChI=1S/C24H28N6O4/c1-24(2)10-15(8-9-26-24)29-13-14(12-27-29)11-25-17-5-3-4-16-20(17)23(34)30(22(16)33)18-6-7-19(31)28-21(18)32/h3-5,12-13,15,18,25-26H,6-11H2,1-2H3,(H,28,31,32)/t15-,18?/m0/s1. The van der Waals surface area contributed by atoms with E-state index in [0.29, 0.717) is 18.3 Å². The van der Waals surface area contributed by atoms with Gasteiger partial charge in [-0.15, -0.1) is 0 Å². The molecule has 3 aliphatic rings. The van der Waals surface area contributed by atoms with Crippen molar-refractivity contribution in [3.63, 3.8) is 0 Å². The molecule has 10 nitrogen and oxygen atoms in total. The summed E-state index contributed by atoms with van der Waals surface area (Å²) in [6.45, 7) is 5.76. The number of hydrogen-bond acceptors (Lipinski definition) is 7. The van der Waals surface area contributed by atoms with Gasteiger partial charge in [0.05, 0.1) is 23.4 Å². The minimum Gasteiger partial charge on any atom is -0.380 e. The van der Waals surface area contributed by atoms with Gasteiger partial charge in [-0.25, -0.2) is 0 Å². The molecule has 2 aromatic rings. The molecule has 178 valence electrons. The Labute approximate surface area is 197 Å². The predicted molar refractivity (Wildman–Crippen MR) is 123 cm³/mol. The number of hydrogen-bond donors (Lipinski definition) is 3. The number of nitrogens with one attached hydrogen (secondary N) is 3. The second kappa shape index (κ2) is 8.35. The number of fused-ring (bicyclic) bond motifs is 1. The first-order valence-electron chi connectivity index (χ1n) is 11.6. The first-order chi connectivity index (χ1) is 16.2. The summed E-state index contributed by atoms with van der Waals surface area (Å²) in [6, 6.07) is 4.39. The van der Waals surface area contributed by atoms with Crippen molar-refractivity contribution >= 4 is 29.3 Å². The van der Waals surface area contributed by atoms with Gasteiger partial charge in [0.15, 0.2) is 0 Å². The van der Waals surface area contributed by atoms with E-state index < -0.39 is 29.7 Å². The van der Waals surface area contributed by atoms with Crippen LogP contribution in [0.2, 0.25) is 0 Å². The van der Waals surface area contributed by atoms with Gasteiger partial charge in [0.2, 0.25) is 11.8 Å². The zero-order valence-electron chi connectivity index (χ0n) is 19.3. The highest BCUT2D eigenvalue weighted by Gasteiger charge is 2.45. The molecule has 4 heterocycles. The highest BCUT2D eigenvalue weighted by Crippen LogP contribution is 2.33. The zero-order valence-corrected chi connectivity index (χ0v) is 19.3. The summed E-state index contributed by atoms with van der Waals surface area (Å²) < 4.78 is 2.01. The average Bonchev–Trinajstić information content (AvgIpc) is 3.36. The Morgan fingerprint density at radius 2 is 1.97 bits per heavy atom. The molecule has 34 heavy (non-hydrogen) atoms. The minimum atomic E-state index is -0.981. The van der Waals surface area contributed by atoms with Crippen molar-refractivity contribution in [3.8, 4) is 0 Å². The van der Waals surface area contributed by atoms with E-state index in [9.17, 15) is 19.2 Å². The Morgan fingerprint density at radius 3 is 2.74 bits per heavy atom. The Kier molecular flexibility index (Phi) is 5.47. The fraction of sp³-hybridized carbons (Fsp3) is 0.458. The van der Waals surface area contributed by atoms with Crippen molar-refractivity contribution in [2.24, 2.45) is 0 Å². The fourth-order valence-corrected chi connectivity index (χ4v) is 5.09. The molecule has 3 aliphatic heterocycles. The number of imide groups is 2. The number of aromatic nitrogens is 2. The van der Waals surface area contributed by atoms with Gasteiger partial charge in [0, 0.05) is 36.0 Å². The van der Waals surface area contributed by atoms with Crippen LogP contribution < -0.4 is 16.0 Å². The first-order valence-corrected chi connectivity index (χ1v) is 11.6. The number of rotatable bonds is 5. The summed E-state index contributed by atoms with van der Waals surface area (Å²) in [5.41, 5.74) is 2.07. The van der Waals surface area contributed by atoms with Crippen LogP contribution >= 0.6 is 0 Å². The molecule has 3 N–H and O–H groups in total. The normalized spacial score (nSPS) is 24.2. The van der Waals surface area contributed by atoms with Crippen molar-refractivity contribution in [2.45, 2.75) is 63.7 Å². The Balaban J connectivity index is 1.31. The molecule has 2 fully saturated rings. The van der Waals surface area contributed by atoms with Crippen LogP contribution in [-0.4, -0.2) is 56.4 Å². The number of carbonyl (C=O) groups is 4. The third-order valence-electron chi connectivity index (χ3n) is 6.81. The van der Waals surface area contributed by atoms with Gasteiger partial charge in [0.25, 0.3) is 11.8 Å². The van der Waals surface area contributed by atoms with Gasteiger partial charge in [-0.05, 0) is 51.8 Å². The van der Waals surface area contributed by atoms with Crippen LogP contribution in [0.3, 0.4) is 0 Å². The Bertz CT molecular complexity index is 1190. The van der Waals surface area contributed by atoms with Gasteiger partial charge in [-0.3, -0.25) is 34.1 Å². The first kappa shape index (κ1) is 22.3. The van der Waals surface area contributed by atoms with E-state index in [0.717, 1.165) is 29.8 Å². The summed E-state index contributed by atoms with van der Waals surface area (Å²) in [5.74, 6) is -2.05. The molecule has 2 atom stereocenters. The lowest BCUT2D eigenvalue weighted by Crippen LogP contribution is -2.54. The molecule has 4 amide bonds. The maximum atomic E-state index is 13.2. The van der Waals surface area contributed by atoms with Gasteiger partial charge in [0.1, 0.15) is 6.04 Å². The molecule has 10 heteroatoms. The number of carbonyl (C=O) groups excluding carboxylic acids is 4. The van der Waals surface area contributed by atoms with Crippen LogP contribution in [0.15, 0.2) is 30.6 Å². The number of anilines is 1. The molecule has 5 rings (SSSR count). The van der Waals surface area contributed by atoms with Crippen LogP contribution in [0.5, 0.6) is 0 Å².